The third-order valence-corrected chi connectivity index (χ3v) is 4.68. The molecule has 2 unspecified atom stereocenters. The molecule has 1 rings (SSSR count). The molecule has 0 spiro atoms. The zero-order valence-corrected chi connectivity index (χ0v) is 13.7. The van der Waals surface area contributed by atoms with Crippen molar-refractivity contribution in [3.05, 3.63) is 0 Å². The molecule has 1 fully saturated rings. The van der Waals surface area contributed by atoms with Crippen molar-refractivity contribution in [2.75, 3.05) is 6.54 Å². The van der Waals surface area contributed by atoms with Gasteiger partial charge < -0.3 is 10.4 Å². The second kappa shape index (κ2) is 10.2. The van der Waals surface area contributed by atoms with Crippen LogP contribution in [0.3, 0.4) is 0 Å². The second-order valence-corrected chi connectivity index (χ2v) is 6.96. The Morgan fingerprint density at radius 2 is 1.80 bits per heavy atom. The minimum atomic E-state index is -0.713. The number of alkyl halides is 1. The zero-order valence-electron chi connectivity index (χ0n) is 12.1. The van der Waals surface area contributed by atoms with E-state index in [2.05, 4.69) is 21.2 Å². The Morgan fingerprint density at radius 1 is 1.10 bits per heavy atom. The van der Waals surface area contributed by atoms with Crippen LogP contribution in [0.25, 0.3) is 0 Å². The normalized spacial score (nSPS) is 22.4. The molecule has 0 radical (unpaired) electrons. The lowest BCUT2D eigenvalue weighted by Crippen LogP contribution is -2.34. The van der Waals surface area contributed by atoms with Gasteiger partial charge in [0.2, 0.25) is 5.91 Å². The van der Waals surface area contributed by atoms with Crippen LogP contribution in [0.1, 0.15) is 64.2 Å². The molecule has 116 valence electrons. The van der Waals surface area contributed by atoms with Crippen molar-refractivity contribution >= 4 is 27.8 Å². The number of rotatable bonds is 9. The molecule has 2 N–H and O–H groups in total. The summed E-state index contributed by atoms with van der Waals surface area (Å²) in [5.74, 6) is -0.321. The van der Waals surface area contributed by atoms with E-state index in [1.54, 1.807) is 0 Å². The molecule has 0 aromatic rings. The number of halogens is 1. The van der Waals surface area contributed by atoms with Gasteiger partial charge in [-0.2, -0.15) is 0 Å². The van der Waals surface area contributed by atoms with Crippen molar-refractivity contribution in [2.24, 2.45) is 5.92 Å². The lowest BCUT2D eigenvalue weighted by molar-refractivity contribution is -0.137. The molecule has 0 heterocycles. The molecular formula is C15H26BrNO3. The summed E-state index contributed by atoms with van der Waals surface area (Å²) < 4.78 is 0. The number of unbranched alkanes of at least 4 members (excludes halogenated alkanes) is 4. The molecule has 5 heteroatoms. The predicted octanol–water partition coefficient (Wildman–Crippen LogP) is 3.48. The Morgan fingerprint density at radius 3 is 2.50 bits per heavy atom. The number of carboxylic acids is 1. The maximum absolute atomic E-state index is 12.0. The summed E-state index contributed by atoms with van der Waals surface area (Å²) in [4.78, 5) is 22.8. The van der Waals surface area contributed by atoms with Gasteiger partial charge in [0.1, 0.15) is 0 Å². The van der Waals surface area contributed by atoms with Gasteiger partial charge in [-0.15, -0.1) is 0 Å². The third-order valence-electron chi connectivity index (χ3n) is 3.85. The largest absolute Gasteiger partial charge is 0.481 e. The fraction of sp³-hybridized carbons (Fsp3) is 0.867. The van der Waals surface area contributed by atoms with Gasteiger partial charge in [-0.1, -0.05) is 41.6 Å². The Kier molecular flexibility index (Phi) is 8.90. The first-order valence-corrected chi connectivity index (χ1v) is 8.64. The number of nitrogens with one attached hydrogen (secondary N) is 1. The van der Waals surface area contributed by atoms with Crippen LogP contribution >= 0.6 is 15.9 Å². The molecule has 0 saturated heterocycles. The van der Waals surface area contributed by atoms with Crippen LogP contribution < -0.4 is 5.32 Å². The number of carboxylic acid groups (broad SMARTS) is 1. The van der Waals surface area contributed by atoms with Gasteiger partial charge in [0, 0.05) is 23.7 Å². The number of carbonyl (C=O) groups excluding carboxylic acids is 1. The number of carbonyl (C=O) groups is 2. The highest BCUT2D eigenvalue weighted by atomic mass is 79.9. The summed E-state index contributed by atoms with van der Waals surface area (Å²) in [5.41, 5.74) is 0. The van der Waals surface area contributed by atoms with E-state index in [4.69, 9.17) is 5.11 Å². The predicted molar refractivity (Wildman–Crippen MR) is 83.0 cm³/mol. The summed E-state index contributed by atoms with van der Waals surface area (Å²) in [5, 5.41) is 11.5. The van der Waals surface area contributed by atoms with Gasteiger partial charge in [-0.3, -0.25) is 9.59 Å². The minimum absolute atomic E-state index is 0.184. The Balaban J connectivity index is 1.95. The number of aliphatic carboxylic acids is 1. The zero-order chi connectivity index (χ0) is 14.8. The fourth-order valence-electron chi connectivity index (χ4n) is 2.66. The van der Waals surface area contributed by atoms with Gasteiger partial charge in [0.15, 0.2) is 0 Å². The Hall–Kier alpha value is -0.580. The lowest BCUT2D eigenvalue weighted by Gasteiger charge is -2.24. The van der Waals surface area contributed by atoms with E-state index in [-0.39, 0.29) is 18.2 Å². The van der Waals surface area contributed by atoms with Crippen LogP contribution in [0.4, 0.5) is 0 Å². The molecule has 20 heavy (non-hydrogen) atoms. The van der Waals surface area contributed by atoms with E-state index in [1.165, 1.54) is 6.42 Å². The molecule has 2 atom stereocenters. The van der Waals surface area contributed by atoms with Crippen LogP contribution in [0.5, 0.6) is 0 Å². The quantitative estimate of drug-likeness (QED) is 0.495. The molecule has 0 aromatic carbocycles. The van der Waals surface area contributed by atoms with E-state index in [0.717, 1.165) is 57.9 Å². The molecule has 1 aliphatic carbocycles. The first-order valence-electron chi connectivity index (χ1n) is 7.73. The van der Waals surface area contributed by atoms with Crippen molar-refractivity contribution in [3.8, 4) is 0 Å². The molecule has 1 aliphatic rings. The van der Waals surface area contributed by atoms with Gasteiger partial charge in [0.05, 0.1) is 0 Å². The van der Waals surface area contributed by atoms with Crippen LogP contribution in [-0.2, 0) is 9.59 Å². The van der Waals surface area contributed by atoms with Gasteiger partial charge in [0.25, 0.3) is 0 Å². The van der Waals surface area contributed by atoms with Gasteiger partial charge in [-0.05, 0) is 32.1 Å². The maximum Gasteiger partial charge on any atom is 0.303 e. The van der Waals surface area contributed by atoms with Crippen molar-refractivity contribution in [1.82, 2.24) is 5.32 Å². The maximum atomic E-state index is 12.0. The number of amides is 1. The SMILES string of the molecule is O=C(O)CCCCCCCNC(=O)C1CCCC(Br)C1. The fourth-order valence-corrected chi connectivity index (χ4v) is 3.43. The first-order chi connectivity index (χ1) is 9.59. The van der Waals surface area contributed by atoms with Crippen LogP contribution in [0, 0.1) is 5.92 Å². The summed E-state index contributed by atoms with van der Waals surface area (Å²) in [6.07, 6.45) is 9.39. The highest BCUT2D eigenvalue weighted by molar-refractivity contribution is 9.09. The molecule has 4 nitrogen and oxygen atoms in total. The molecule has 0 aromatic heterocycles. The van der Waals surface area contributed by atoms with Crippen LogP contribution in [0.2, 0.25) is 0 Å². The monoisotopic (exact) mass is 347 g/mol. The molecule has 0 bridgehead atoms. The summed E-state index contributed by atoms with van der Waals surface area (Å²) >= 11 is 3.60. The number of hydrogen-bond donors (Lipinski definition) is 2. The number of hydrogen-bond acceptors (Lipinski definition) is 2. The topological polar surface area (TPSA) is 66.4 Å². The third kappa shape index (κ3) is 7.88. The first kappa shape index (κ1) is 17.5. The molecule has 1 saturated carbocycles. The summed E-state index contributed by atoms with van der Waals surface area (Å²) in [6.45, 7) is 0.751. The molecule has 1 amide bonds. The highest BCUT2D eigenvalue weighted by Gasteiger charge is 2.25. The van der Waals surface area contributed by atoms with Gasteiger partial charge in [-0.25, -0.2) is 0 Å². The smallest absolute Gasteiger partial charge is 0.303 e. The molecular weight excluding hydrogens is 322 g/mol. The van der Waals surface area contributed by atoms with Crippen molar-refractivity contribution in [2.45, 2.75) is 69.0 Å². The van der Waals surface area contributed by atoms with E-state index in [9.17, 15) is 9.59 Å². The lowest BCUT2D eigenvalue weighted by atomic mass is 9.88. The summed E-state index contributed by atoms with van der Waals surface area (Å²) in [6, 6.07) is 0. The van der Waals surface area contributed by atoms with Crippen molar-refractivity contribution in [3.63, 3.8) is 0 Å². The second-order valence-electron chi connectivity index (χ2n) is 5.66. The Labute approximate surface area is 129 Å². The minimum Gasteiger partial charge on any atom is -0.481 e. The van der Waals surface area contributed by atoms with Crippen molar-refractivity contribution < 1.29 is 14.7 Å². The van der Waals surface area contributed by atoms with E-state index in [0.29, 0.717) is 4.83 Å². The average Bonchev–Trinajstić information content (AvgIpc) is 2.41. The standard InChI is InChI=1S/C15H26BrNO3/c16-13-8-6-7-12(11-13)15(20)17-10-5-3-1-2-4-9-14(18)19/h12-13H,1-11H2,(H,17,20)(H,18,19). The summed E-state index contributed by atoms with van der Waals surface area (Å²) in [7, 11) is 0. The van der Waals surface area contributed by atoms with E-state index < -0.39 is 5.97 Å². The average molecular weight is 348 g/mol. The van der Waals surface area contributed by atoms with E-state index >= 15 is 0 Å². The van der Waals surface area contributed by atoms with E-state index in [1.807, 2.05) is 0 Å². The van der Waals surface area contributed by atoms with Crippen molar-refractivity contribution in [1.29, 1.82) is 0 Å². The van der Waals surface area contributed by atoms with Crippen LogP contribution in [-0.4, -0.2) is 28.4 Å². The molecule has 0 aliphatic heterocycles. The van der Waals surface area contributed by atoms with Gasteiger partial charge >= 0.3 is 5.97 Å². The van der Waals surface area contributed by atoms with Crippen LogP contribution in [0.15, 0.2) is 0 Å². The Bertz CT molecular complexity index is 309. The highest BCUT2D eigenvalue weighted by Crippen LogP contribution is 2.28.